The van der Waals surface area contributed by atoms with Gasteiger partial charge in [0.15, 0.2) is 0 Å². The summed E-state index contributed by atoms with van der Waals surface area (Å²) in [4.78, 5) is 17.6. The lowest BCUT2D eigenvalue weighted by Gasteiger charge is -2.63. The van der Waals surface area contributed by atoms with Crippen molar-refractivity contribution in [2.24, 2.45) is 0 Å². The molecule has 0 aromatic heterocycles. The van der Waals surface area contributed by atoms with Crippen LogP contribution in [0.1, 0.15) is 56.9 Å². The molecular formula is C25H38N2O3. The zero-order chi connectivity index (χ0) is 20.8. The summed E-state index contributed by atoms with van der Waals surface area (Å²) in [6.07, 6.45) is 10.5. The van der Waals surface area contributed by atoms with Gasteiger partial charge in [0.05, 0.1) is 19.3 Å². The quantitative estimate of drug-likeness (QED) is 0.609. The van der Waals surface area contributed by atoms with E-state index in [1.54, 1.807) is 7.11 Å². The SMILES string of the molecule is COCCOC1CN(C2CCN(C(=O)CCc3ccccc3)CC2)C12CCCCC2. The predicted molar refractivity (Wildman–Crippen MR) is 119 cm³/mol. The highest BCUT2D eigenvalue weighted by Crippen LogP contribution is 2.47. The van der Waals surface area contributed by atoms with Gasteiger partial charge in [-0.2, -0.15) is 0 Å². The maximum atomic E-state index is 12.7. The number of piperidine rings is 1. The zero-order valence-electron chi connectivity index (χ0n) is 18.6. The molecule has 1 atom stereocenters. The number of likely N-dealkylation sites (tertiary alicyclic amines) is 2. The molecular weight excluding hydrogens is 376 g/mol. The number of nitrogens with zero attached hydrogens (tertiary/aromatic N) is 2. The molecule has 1 aromatic rings. The molecule has 0 N–H and O–H groups in total. The Morgan fingerprint density at radius 1 is 1.07 bits per heavy atom. The van der Waals surface area contributed by atoms with E-state index in [9.17, 15) is 4.79 Å². The van der Waals surface area contributed by atoms with Crippen LogP contribution in [0.15, 0.2) is 30.3 Å². The number of benzene rings is 1. The standard InChI is InChI=1S/C25H38N2O3/c1-29-18-19-30-23-20-27(25(23)14-6-3-7-15-25)22-12-16-26(17-13-22)24(28)11-10-21-8-4-2-5-9-21/h2,4-5,8-9,22-23H,3,6-7,10-20H2,1H3. The lowest BCUT2D eigenvalue weighted by Crippen LogP contribution is -2.75. The van der Waals surface area contributed by atoms with E-state index in [0.29, 0.717) is 37.7 Å². The third-order valence-electron chi connectivity index (χ3n) is 7.59. The van der Waals surface area contributed by atoms with Crippen molar-refractivity contribution in [1.82, 2.24) is 9.80 Å². The van der Waals surface area contributed by atoms with Gasteiger partial charge in [-0.15, -0.1) is 0 Å². The average molecular weight is 415 g/mol. The van der Waals surface area contributed by atoms with E-state index in [1.807, 2.05) is 18.2 Å². The largest absolute Gasteiger partial charge is 0.382 e. The minimum absolute atomic E-state index is 0.246. The summed E-state index contributed by atoms with van der Waals surface area (Å²) in [7, 11) is 1.74. The van der Waals surface area contributed by atoms with Crippen molar-refractivity contribution < 1.29 is 14.3 Å². The minimum atomic E-state index is 0.246. The summed E-state index contributed by atoms with van der Waals surface area (Å²) in [5, 5.41) is 0. The van der Waals surface area contributed by atoms with Gasteiger partial charge in [-0.05, 0) is 37.7 Å². The van der Waals surface area contributed by atoms with Crippen LogP contribution in [0.2, 0.25) is 0 Å². The first-order valence-corrected chi connectivity index (χ1v) is 11.9. The Balaban J connectivity index is 1.27. The van der Waals surface area contributed by atoms with Crippen molar-refractivity contribution in [3.63, 3.8) is 0 Å². The van der Waals surface area contributed by atoms with Gasteiger partial charge in [-0.25, -0.2) is 0 Å². The van der Waals surface area contributed by atoms with Crippen LogP contribution in [0.3, 0.4) is 0 Å². The van der Waals surface area contributed by atoms with Gasteiger partial charge >= 0.3 is 0 Å². The second-order valence-electron chi connectivity index (χ2n) is 9.27. The third-order valence-corrected chi connectivity index (χ3v) is 7.59. The molecule has 0 radical (unpaired) electrons. The van der Waals surface area contributed by atoms with E-state index >= 15 is 0 Å². The van der Waals surface area contributed by atoms with E-state index in [2.05, 4.69) is 21.9 Å². The Labute approximate surface area is 181 Å². The lowest BCUT2D eigenvalue weighted by molar-refractivity contribution is -0.204. The van der Waals surface area contributed by atoms with Crippen LogP contribution in [0.4, 0.5) is 0 Å². The van der Waals surface area contributed by atoms with Crippen LogP contribution in [0.5, 0.6) is 0 Å². The number of hydrogen-bond acceptors (Lipinski definition) is 4. The van der Waals surface area contributed by atoms with Crippen LogP contribution in [-0.2, 0) is 20.7 Å². The first-order valence-electron chi connectivity index (χ1n) is 11.9. The molecule has 4 rings (SSSR count). The second kappa shape index (κ2) is 10.3. The normalized spacial score (nSPS) is 24.7. The Hall–Kier alpha value is -1.43. The minimum Gasteiger partial charge on any atom is -0.382 e. The van der Waals surface area contributed by atoms with Crippen molar-refractivity contribution in [1.29, 1.82) is 0 Å². The molecule has 1 aliphatic carbocycles. The van der Waals surface area contributed by atoms with E-state index in [4.69, 9.17) is 9.47 Å². The maximum absolute atomic E-state index is 12.7. The Morgan fingerprint density at radius 2 is 1.80 bits per heavy atom. The predicted octanol–water partition coefficient (Wildman–Crippen LogP) is 3.66. The van der Waals surface area contributed by atoms with Gasteiger partial charge in [-0.3, -0.25) is 9.69 Å². The summed E-state index contributed by atoms with van der Waals surface area (Å²) in [6, 6.07) is 10.9. The fraction of sp³-hybridized carbons (Fsp3) is 0.720. The fourth-order valence-electron chi connectivity index (χ4n) is 5.85. The molecule has 1 saturated carbocycles. The summed E-state index contributed by atoms with van der Waals surface area (Å²) >= 11 is 0. The van der Waals surface area contributed by atoms with Gasteiger partial charge in [0, 0.05) is 44.7 Å². The van der Waals surface area contributed by atoms with Gasteiger partial charge in [-0.1, -0.05) is 49.6 Å². The molecule has 166 valence electrons. The maximum Gasteiger partial charge on any atom is 0.222 e. The number of aryl methyl sites for hydroxylation is 1. The van der Waals surface area contributed by atoms with Gasteiger partial charge < -0.3 is 14.4 Å². The van der Waals surface area contributed by atoms with E-state index < -0.39 is 0 Å². The molecule has 1 amide bonds. The molecule has 5 nitrogen and oxygen atoms in total. The average Bonchev–Trinajstić information content (AvgIpc) is 2.81. The van der Waals surface area contributed by atoms with E-state index in [-0.39, 0.29) is 5.54 Å². The molecule has 30 heavy (non-hydrogen) atoms. The van der Waals surface area contributed by atoms with Crippen molar-refractivity contribution in [2.45, 2.75) is 75.5 Å². The number of hydrogen-bond donors (Lipinski definition) is 0. The number of methoxy groups -OCH3 is 1. The summed E-state index contributed by atoms with van der Waals surface area (Å²) in [5.74, 6) is 0.314. The number of amides is 1. The Morgan fingerprint density at radius 3 is 2.50 bits per heavy atom. The Bertz CT molecular complexity index is 666. The molecule has 2 aliphatic heterocycles. The smallest absolute Gasteiger partial charge is 0.222 e. The van der Waals surface area contributed by atoms with Crippen LogP contribution < -0.4 is 0 Å². The van der Waals surface area contributed by atoms with Crippen LogP contribution in [-0.4, -0.2) is 73.3 Å². The first kappa shape index (κ1) is 21.8. The van der Waals surface area contributed by atoms with Crippen molar-refractivity contribution in [2.75, 3.05) is 40.0 Å². The highest BCUT2D eigenvalue weighted by Gasteiger charge is 2.56. The molecule has 0 bridgehead atoms. The highest BCUT2D eigenvalue weighted by atomic mass is 16.5. The zero-order valence-corrected chi connectivity index (χ0v) is 18.6. The van der Waals surface area contributed by atoms with Crippen LogP contribution in [0.25, 0.3) is 0 Å². The summed E-state index contributed by atoms with van der Waals surface area (Å²) in [6.45, 7) is 4.23. The molecule has 1 unspecified atom stereocenters. The lowest BCUT2D eigenvalue weighted by atomic mass is 9.69. The summed E-state index contributed by atoms with van der Waals surface area (Å²) < 4.78 is 11.4. The number of carbonyl (C=O) groups excluding carboxylic acids is 1. The monoisotopic (exact) mass is 414 g/mol. The number of carbonyl (C=O) groups is 1. The molecule has 3 aliphatic rings. The number of rotatable bonds is 8. The van der Waals surface area contributed by atoms with Crippen molar-refractivity contribution in [3.05, 3.63) is 35.9 Å². The summed E-state index contributed by atoms with van der Waals surface area (Å²) in [5.41, 5.74) is 1.50. The van der Waals surface area contributed by atoms with E-state index in [0.717, 1.165) is 38.9 Å². The third kappa shape index (κ3) is 4.74. The molecule has 1 aromatic carbocycles. The molecule has 2 saturated heterocycles. The molecule has 2 heterocycles. The second-order valence-corrected chi connectivity index (χ2v) is 9.27. The highest BCUT2D eigenvalue weighted by molar-refractivity contribution is 5.76. The van der Waals surface area contributed by atoms with E-state index in [1.165, 1.54) is 37.7 Å². The first-order chi connectivity index (χ1) is 14.7. The van der Waals surface area contributed by atoms with Gasteiger partial charge in [0.25, 0.3) is 0 Å². The van der Waals surface area contributed by atoms with Crippen molar-refractivity contribution in [3.8, 4) is 0 Å². The molecule has 1 spiro atoms. The molecule has 3 fully saturated rings. The fourth-order valence-corrected chi connectivity index (χ4v) is 5.85. The Kier molecular flexibility index (Phi) is 7.45. The molecule has 5 heteroatoms. The van der Waals surface area contributed by atoms with Gasteiger partial charge in [0.1, 0.15) is 0 Å². The number of ether oxygens (including phenoxy) is 2. The van der Waals surface area contributed by atoms with Crippen LogP contribution in [0, 0.1) is 0 Å². The van der Waals surface area contributed by atoms with Gasteiger partial charge in [0.2, 0.25) is 5.91 Å². The van der Waals surface area contributed by atoms with Crippen molar-refractivity contribution >= 4 is 5.91 Å². The topological polar surface area (TPSA) is 42.0 Å². The van der Waals surface area contributed by atoms with Crippen LogP contribution >= 0.6 is 0 Å².